The minimum absolute atomic E-state index is 0.178. The van der Waals surface area contributed by atoms with Crippen LogP contribution in [0.25, 0.3) is 10.8 Å². The van der Waals surface area contributed by atoms with E-state index in [1.54, 1.807) is 12.1 Å². The lowest BCUT2D eigenvalue weighted by Crippen LogP contribution is -2.41. The van der Waals surface area contributed by atoms with Gasteiger partial charge in [0.25, 0.3) is 0 Å². The molecule has 21 heavy (non-hydrogen) atoms. The molecular weight excluding hydrogens is 282 g/mol. The van der Waals surface area contributed by atoms with Gasteiger partial charge in [0, 0.05) is 11.9 Å². The number of hydrogen-bond acceptors (Lipinski definition) is 2. The van der Waals surface area contributed by atoms with Crippen molar-refractivity contribution in [3.8, 4) is 0 Å². The zero-order chi connectivity index (χ0) is 14.9. The molecule has 1 aliphatic rings. The van der Waals surface area contributed by atoms with E-state index in [2.05, 4.69) is 11.6 Å². The smallest absolute Gasteiger partial charge is 0.211 e. The molecule has 3 nitrogen and oxygen atoms in total. The highest BCUT2D eigenvalue weighted by atomic mass is 32.2. The molecule has 0 unspecified atom stereocenters. The summed E-state index contributed by atoms with van der Waals surface area (Å²) in [7, 11) is -3.46. The molecule has 0 bridgehead atoms. The minimum atomic E-state index is -3.46. The summed E-state index contributed by atoms with van der Waals surface area (Å²) in [5.41, 5.74) is 0.178. The molecule has 0 saturated heterocycles. The predicted octanol–water partition coefficient (Wildman–Crippen LogP) is 3.70. The maximum absolute atomic E-state index is 12.6. The molecule has 0 aliphatic heterocycles. The standard InChI is InChI=1S/C17H21NO2S/c1-2-17(11-6-12-17)13-18-21(19,20)16-10-5-8-14-7-3-4-9-15(14)16/h3-5,7-10,18H,2,6,11-13H2,1H3. The highest BCUT2D eigenvalue weighted by Crippen LogP contribution is 2.43. The summed E-state index contributed by atoms with van der Waals surface area (Å²) in [4.78, 5) is 0.381. The van der Waals surface area contributed by atoms with Gasteiger partial charge < -0.3 is 0 Å². The fraction of sp³-hybridized carbons (Fsp3) is 0.412. The summed E-state index contributed by atoms with van der Waals surface area (Å²) >= 11 is 0. The zero-order valence-electron chi connectivity index (χ0n) is 12.3. The molecule has 1 N–H and O–H groups in total. The van der Waals surface area contributed by atoms with Crippen molar-refractivity contribution in [2.45, 2.75) is 37.5 Å². The SMILES string of the molecule is CCC1(CNS(=O)(=O)c2cccc3ccccc23)CCC1. The molecule has 1 saturated carbocycles. The number of sulfonamides is 1. The first-order valence-electron chi connectivity index (χ1n) is 7.54. The number of benzene rings is 2. The Morgan fingerprint density at radius 2 is 1.81 bits per heavy atom. The summed E-state index contributed by atoms with van der Waals surface area (Å²) in [6.07, 6.45) is 4.50. The van der Waals surface area contributed by atoms with E-state index in [1.807, 2.05) is 30.3 Å². The summed E-state index contributed by atoms with van der Waals surface area (Å²) < 4.78 is 28.1. The van der Waals surface area contributed by atoms with Crippen LogP contribution in [0.4, 0.5) is 0 Å². The summed E-state index contributed by atoms with van der Waals surface area (Å²) in [6, 6.07) is 13.0. The largest absolute Gasteiger partial charge is 0.241 e. The van der Waals surface area contributed by atoms with E-state index in [9.17, 15) is 8.42 Å². The Morgan fingerprint density at radius 1 is 1.10 bits per heavy atom. The van der Waals surface area contributed by atoms with Crippen molar-refractivity contribution in [3.63, 3.8) is 0 Å². The van der Waals surface area contributed by atoms with Gasteiger partial charge in [-0.25, -0.2) is 13.1 Å². The molecule has 4 heteroatoms. The first kappa shape index (κ1) is 14.5. The van der Waals surface area contributed by atoms with Crippen molar-refractivity contribution >= 4 is 20.8 Å². The third-order valence-electron chi connectivity index (χ3n) is 4.84. The lowest BCUT2D eigenvalue weighted by molar-refractivity contribution is 0.133. The fourth-order valence-corrected chi connectivity index (χ4v) is 4.47. The van der Waals surface area contributed by atoms with Gasteiger partial charge in [-0.1, -0.05) is 49.7 Å². The molecule has 1 fully saturated rings. The Morgan fingerprint density at radius 3 is 2.48 bits per heavy atom. The highest BCUT2D eigenvalue weighted by Gasteiger charge is 2.36. The van der Waals surface area contributed by atoms with Crippen LogP contribution in [0.5, 0.6) is 0 Å². The normalized spacial score (nSPS) is 17.6. The molecule has 0 amide bonds. The molecule has 0 spiro atoms. The number of rotatable bonds is 5. The van der Waals surface area contributed by atoms with Crippen LogP contribution in [0, 0.1) is 5.41 Å². The monoisotopic (exact) mass is 303 g/mol. The maximum Gasteiger partial charge on any atom is 0.241 e. The van der Waals surface area contributed by atoms with Crippen LogP contribution in [-0.4, -0.2) is 15.0 Å². The van der Waals surface area contributed by atoms with Crippen LogP contribution in [0.1, 0.15) is 32.6 Å². The Labute approximate surface area is 126 Å². The Kier molecular flexibility index (Phi) is 3.76. The van der Waals surface area contributed by atoms with Gasteiger partial charge in [-0.15, -0.1) is 0 Å². The van der Waals surface area contributed by atoms with Crippen molar-refractivity contribution in [1.82, 2.24) is 4.72 Å². The summed E-state index contributed by atoms with van der Waals surface area (Å²) in [6.45, 7) is 2.69. The van der Waals surface area contributed by atoms with Gasteiger partial charge in [-0.3, -0.25) is 0 Å². The fourth-order valence-electron chi connectivity index (χ4n) is 3.09. The molecule has 112 valence electrons. The van der Waals surface area contributed by atoms with Crippen molar-refractivity contribution in [2.75, 3.05) is 6.54 Å². The molecule has 1 aliphatic carbocycles. The molecule has 3 rings (SSSR count). The zero-order valence-corrected chi connectivity index (χ0v) is 13.1. The topological polar surface area (TPSA) is 46.2 Å². The lowest BCUT2D eigenvalue weighted by Gasteiger charge is -2.41. The van der Waals surface area contributed by atoms with E-state index in [1.165, 1.54) is 6.42 Å². The van der Waals surface area contributed by atoms with Gasteiger partial charge >= 0.3 is 0 Å². The van der Waals surface area contributed by atoms with Crippen LogP contribution in [0.3, 0.4) is 0 Å². The Hall–Kier alpha value is -1.39. The van der Waals surface area contributed by atoms with Gasteiger partial charge in [-0.05, 0) is 36.1 Å². The summed E-state index contributed by atoms with van der Waals surface area (Å²) in [5.74, 6) is 0. The number of hydrogen-bond donors (Lipinski definition) is 1. The van der Waals surface area contributed by atoms with E-state index < -0.39 is 10.0 Å². The number of nitrogens with one attached hydrogen (secondary N) is 1. The second-order valence-electron chi connectivity index (χ2n) is 6.01. The van der Waals surface area contributed by atoms with Crippen LogP contribution < -0.4 is 4.72 Å². The Bertz CT molecular complexity index is 737. The quantitative estimate of drug-likeness (QED) is 0.915. The van der Waals surface area contributed by atoms with Crippen molar-refractivity contribution in [1.29, 1.82) is 0 Å². The maximum atomic E-state index is 12.6. The average molecular weight is 303 g/mol. The van der Waals surface area contributed by atoms with Crippen molar-refractivity contribution < 1.29 is 8.42 Å². The molecule has 0 radical (unpaired) electrons. The van der Waals surface area contributed by atoms with Crippen LogP contribution in [-0.2, 0) is 10.0 Å². The van der Waals surface area contributed by atoms with E-state index in [4.69, 9.17) is 0 Å². The van der Waals surface area contributed by atoms with Crippen LogP contribution in [0.15, 0.2) is 47.4 Å². The second-order valence-corrected chi connectivity index (χ2v) is 7.74. The highest BCUT2D eigenvalue weighted by molar-refractivity contribution is 7.89. The molecule has 0 atom stereocenters. The molecule has 2 aromatic carbocycles. The molecule has 2 aromatic rings. The first-order chi connectivity index (χ1) is 10.1. The van der Waals surface area contributed by atoms with E-state index in [-0.39, 0.29) is 5.41 Å². The van der Waals surface area contributed by atoms with Gasteiger partial charge in [0.1, 0.15) is 0 Å². The molecule has 0 heterocycles. The van der Waals surface area contributed by atoms with Crippen LogP contribution in [0.2, 0.25) is 0 Å². The summed E-state index contributed by atoms with van der Waals surface area (Å²) in [5, 5.41) is 1.74. The predicted molar refractivity (Wildman–Crippen MR) is 85.7 cm³/mol. The van der Waals surface area contributed by atoms with Gasteiger partial charge in [0.2, 0.25) is 10.0 Å². The van der Waals surface area contributed by atoms with Crippen molar-refractivity contribution in [2.24, 2.45) is 5.41 Å². The van der Waals surface area contributed by atoms with Crippen molar-refractivity contribution in [3.05, 3.63) is 42.5 Å². The lowest BCUT2D eigenvalue weighted by atomic mass is 9.67. The van der Waals surface area contributed by atoms with E-state index in [0.717, 1.165) is 30.0 Å². The molecule has 0 aromatic heterocycles. The van der Waals surface area contributed by atoms with Gasteiger partial charge in [0.15, 0.2) is 0 Å². The van der Waals surface area contributed by atoms with E-state index in [0.29, 0.717) is 11.4 Å². The third-order valence-corrected chi connectivity index (χ3v) is 6.30. The molecular formula is C17H21NO2S. The average Bonchev–Trinajstić information content (AvgIpc) is 2.46. The Balaban J connectivity index is 1.90. The van der Waals surface area contributed by atoms with E-state index >= 15 is 0 Å². The third kappa shape index (κ3) is 2.70. The first-order valence-corrected chi connectivity index (χ1v) is 9.02. The second kappa shape index (κ2) is 5.43. The van der Waals surface area contributed by atoms with Gasteiger partial charge in [-0.2, -0.15) is 0 Å². The van der Waals surface area contributed by atoms with Gasteiger partial charge in [0.05, 0.1) is 4.90 Å². The van der Waals surface area contributed by atoms with Crippen LogP contribution >= 0.6 is 0 Å². The minimum Gasteiger partial charge on any atom is -0.211 e. The number of fused-ring (bicyclic) bond motifs is 1.